The molecule has 0 radical (unpaired) electrons. The third-order valence-electron chi connectivity index (χ3n) is 4.44. The summed E-state index contributed by atoms with van der Waals surface area (Å²) in [7, 11) is 0. The summed E-state index contributed by atoms with van der Waals surface area (Å²) < 4.78 is 79.5. The number of hydrogen-bond donors (Lipinski definition) is 1. The van der Waals surface area contributed by atoms with Crippen LogP contribution in [0, 0.1) is 17.2 Å². The first-order valence-electron chi connectivity index (χ1n) is 7.80. The lowest BCUT2D eigenvalue weighted by Crippen LogP contribution is -2.42. The average Bonchev–Trinajstić information content (AvgIpc) is 2.33. The maximum Gasteiger partial charge on any atom is 0.416 e. The highest BCUT2D eigenvalue weighted by Gasteiger charge is 2.46. The molecule has 1 nitrogen and oxygen atoms in total. The summed E-state index contributed by atoms with van der Waals surface area (Å²) in [5.74, 6) is -4.24. The van der Waals surface area contributed by atoms with E-state index in [1.807, 2.05) is 0 Å². The van der Waals surface area contributed by atoms with Crippen LogP contribution in [0.3, 0.4) is 0 Å². The predicted octanol–water partition coefficient (Wildman–Crippen LogP) is 6.11. The summed E-state index contributed by atoms with van der Waals surface area (Å²) in [6.07, 6.45) is -4.67. The number of rotatable bonds is 3. The van der Waals surface area contributed by atoms with Crippen molar-refractivity contribution in [1.82, 2.24) is 0 Å². The lowest BCUT2D eigenvalue weighted by Gasteiger charge is -2.42. The van der Waals surface area contributed by atoms with Crippen LogP contribution in [0.4, 0.5) is 32.0 Å². The first-order chi connectivity index (χ1) is 10.8. The second kappa shape index (κ2) is 6.15. The highest BCUT2D eigenvalue weighted by molar-refractivity contribution is 5.48. The zero-order chi connectivity index (χ0) is 18.3. The van der Waals surface area contributed by atoms with Gasteiger partial charge in [-0.25, -0.2) is 13.2 Å². The van der Waals surface area contributed by atoms with Crippen LogP contribution in [0.1, 0.15) is 45.6 Å². The molecule has 0 amide bonds. The Balaban J connectivity index is 2.17. The third-order valence-corrected chi connectivity index (χ3v) is 4.44. The van der Waals surface area contributed by atoms with Gasteiger partial charge in [-0.3, -0.25) is 0 Å². The molecule has 0 spiro atoms. The Hall–Kier alpha value is -1.40. The Labute approximate surface area is 137 Å². The highest BCUT2D eigenvalue weighted by atomic mass is 19.4. The van der Waals surface area contributed by atoms with Gasteiger partial charge in [-0.2, -0.15) is 13.2 Å². The largest absolute Gasteiger partial charge is 0.416 e. The van der Waals surface area contributed by atoms with Crippen molar-refractivity contribution in [3.63, 3.8) is 0 Å². The summed E-state index contributed by atoms with van der Waals surface area (Å²) in [6, 6.07) is 1.65. The van der Waals surface area contributed by atoms with Crippen molar-refractivity contribution in [1.29, 1.82) is 0 Å². The molecular formula is C17H21F6N. The Kier molecular flexibility index (Phi) is 4.85. The molecule has 1 aromatic rings. The van der Waals surface area contributed by atoms with Gasteiger partial charge in [-0.05, 0) is 42.9 Å². The predicted molar refractivity (Wildman–Crippen MR) is 80.6 cm³/mol. The number of benzene rings is 1. The van der Waals surface area contributed by atoms with E-state index in [2.05, 4.69) is 5.32 Å². The van der Waals surface area contributed by atoms with E-state index >= 15 is 0 Å². The normalized spacial score (nSPS) is 24.5. The molecule has 0 aliphatic heterocycles. The number of hydrogen-bond acceptors (Lipinski definition) is 1. The Morgan fingerprint density at radius 2 is 1.75 bits per heavy atom. The zero-order valence-electron chi connectivity index (χ0n) is 13.8. The molecule has 1 fully saturated rings. The van der Waals surface area contributed by atoms with Crippen molar-refractivity contribution in [3.8, 4) is 0 Å². The van der Waals surface area contributed by atoms with Crippen LogP contribution in [0.5, 0.6) is 0 Å². The first-order valence-corrected chi connectivity index (χ1v) is 7.80. The molecule has 1 aromatic carbocycles. The summed E-state index contributed by atoms with van der Waals surface area (Å²) in [5.41, 5.74) is -1.71. The lowest BCUT2D eigenvalue weighted by molar-refractivity contribution is -0.137. The second-order valence-electron chi connectivity index (χ2n) is 7.52. The van der Waals surface area contributed by atoms with Gasteiger partial charge >= 0.3 is 6.18 Å². The summed E-state index contributed by atoms with van der Waals surface area (Å²) in [6.45, 7) is 5.15. The summed E-state index contributed by atoms with van der Waals surface area (Å²) in [5, 5.41) is 2.77. The molecule has 2 rings (SSSR count). The second-order valence-corrected chi connectivity index (χ2v) is 7.52. The van der Waals surface area contributed by atoms with Crippen molar-refractivity contribution in [2.45, 2.75) is 58.2 Å². The monoisotopic (exact) mass is 353 g/mol. The van der Waals surface area contributed by atoms with Crippen LogP contribution >= 0.6 is 0 Å². The molecule has 1 N–H and O–H groups in total. The molecule has 24 heavy (non-hydrogen) atoms. The third kappa shape index (κ3) is 4.80. The standard InChI is InChI=1S/C17H21F6N/c1-10(11-7-15(2,3)9-16(19,20)8-11)24-14-5-12(17(21,22)23)4-13(18)6-14/h4-6,10-11,24H,7-9H2,1-3H3. The van der Waals surface area contributed by atoms with Gasteiger partial charge in [-0.15, -0.1) is 0 Å². The molecule has 1 saturated carbocycles. The van der Waals surface area contributed by atoms with Crippen LogP contribution in [0.15, 0.2) is 18.2 Å². The van der Waals surface area contributed by atoms with Gasteiger partial charge in [0.15, 0.2) is 0 Å². The van der Waals surface area contributed by atoms with Gasteiger partial charge in [0, 0.05) is 24.6 Å². The SMILES string of the molecule is CC(Nc1cc(F)cc(C(F)(F)F)c1)C1CC(C)(C)CC(F)(F)C1. The Bertz CT molecular complexity index is 577. The minimum absolute atomic E-state index is 0.0541. The molecule has 1 aliphatic carbocycles. The molecule has 2 atom stereocenters. The fraction of sp³-hybridized carbons (Fsp3) is 0.647. The molecule has 2 unspecified atom stereocenters. The fourth-order valence-electron chi connectivity index (χ4n) is 3.58. The van der Waals surface area contributed by atoms with Crippen molar-refractivity contribution >= 4 is 5.69 Å². The van der Waals surface area contributed by atoms with Crippen molar-refractivity contribution in [2.75, 3.05) is 5.32 Å². The van der Waals surface area contributed by atoms with Gasteiger partial charge in [-0.1, -0.05) is 13.8 Å². The van der Waals surface area contributed by atoms with Crippen LogP contribution in [0.25, 0.3) is 0 Å². The first kappa shape index (κ1) is 18.9. The van der Waals surface area contributed by atoms with Gasteiger partial charge in [0.1, 0.15) is 5.82 Å². The van der Waals surface area contributed by atoms with E-state index in [4.69, 9.17) is 0 Å². The average molecular weight is 353 g/mol. The number of halogens is 6. The van der Waals surface area contributed by atoms with Crippen molar-refractivity contribution in [2.24, 2.45) is 11.3 Å². The number of anilines is 1. The van der Waals surface area contributed by atoms with E-state index in [0.29, 0.717) is 12.5 Å². The maximum absolute atomic E-state index is 13.9. The van der Waals surface area contributed by atoms with Gasteiger partial charge in [0.2, 0.25) is 5.92 Å². The van der Waals surface area contributed by atoms with Crippen LogP contribution in [0.2, 0.25) is 0 Å². The zero-order valence-corrected chi connectivity index (χ0v) is 13.8. The van der Waals surface area contributed by atoms with Gasteiger partial charge in [0.05, 0.1) is 5.56 Å². The molecule has 0 heterocycles. The number of alkyl halides is 5. The molecular weight excluding hydrogens is 332 g/mol. The van der Waals surface area contributed by atoms with Gasteiger partial charge in [0.25, 0.3) is 0 Å². The van der Waals surface area contributed by atoms with E-state index in [1.54, 1.807) is 20.8 Å². The topological polar surface area (TPSA) is 12.0 Å². The lowest BCUT2D eigenvalue weighted by atomic mass is 9.68. The summed E-state index contributed by atoms with van der Waals surface area (Å²) in [4.78, 5) is 0. The fourth-order valence-corrected chi connectivity index (χ4v) is 3.58. The number of nitrogens with one attached hydrogen (secondary N) is 1. The molecule has 0 saturated heterocycles. The molecule has 136 valence electrons. The van der Waals surface area contributed by atoms with Crippen LogP contribution in [-0.4, -0.2) is 12.0 Å². The van der Waals surface area contributed by atoms with Crippen molar-refractivity contribution < 1.29 is 26.3 Å². The Morgan fingerprint density at radius 3 is 2.29 bits per heavy atom. The molecule has 0 bridgehead atoms. The van der Waals surface area contributed by atoms with E-state index in [9.17, 15) is 26.3 Å². The van der Waals surface area contributed by atoms with Crippen LogP contribution < -0.4 is 5.32 Å². The van der Waals surface area contributed by atoms with E-state index < -0.39 is 40.9 Å². The minimum Gasteiger partial charge on any atom is -0.382 e. The Morgan fingerprint density at radius 1 is 1.12 bits per heavy atom. The maximum atomic E-state index is 13.9. The molecule has 7 heteroatoms. The van der Waals surface area contributed by atoms with Crippen LogP contribution in [-0.2, 0) is 6.18 Å². The van der Waals surface area contributed by atoms with E-state index in [-0.39, 0.29) is 18.5 Å². The van der Waals surface area contributed by atoms with Crippen molar-refractivity contribution in [3.05, 3.63) is 29.6 Å². The van der Waals surface area contributed by atoms with E-state index in [1.165, 1.54) is 0 Å². The quantitative estimate of drug-likeness (QED) is 0.647. The van der Waals surface area contributed by atoms with Gasteiger partial charge < -0.3 is 5.32 Å². The smallest absolute Gasteiger partial charge is 0.382 e. The highest BCUT2D eigenvalue weighted by Crippen LogP contribution is 2.48. The molecule has 0 aromatic heterocycles. The summed E-state index contributed by atoms with van der Waals surface area (Å²) >= 11 is 0. The van der Waals surface area contributed by atoms with E-state index in [0.717, 1.165) is 12.1 Å². The molecule has 1 aliphatic rings. The minimum atomic E-state index is -4.67.